The summed E-state index contributed by atoms with van der Waals surface area (Å²) in [6.07, 6.45) is 0.952. The fourth-order valence-electron chi connectivity index (χ4n) is 7.23. The van der Waals surface area contributed by atoms with E-state index in [9.17, 15) is 23.1 Å². The van der Waals surface area contributed by atoms with Crippen molar-refractivity contribution in [3.63, 3.8) is 0 Å². The number of nitrogens with one attached hydrogen (secondary N) is 2. The molecule has 0 aromatic heterocycles. The van der Waals surface area contributed by atoms with Gasteiger partial charge in [0.2, 0.25) is 5.96 Å². The topological polar surface area (TPSA) is 147 Å². The quantitative estimate of drug-likeness (QED) is 0.103. The lowest BCUT2D eigenvalue weighted by molar-refractivity contribution is -0.139. The van der Waals surface area contributed by atoms with Gasteiger partial charge in [0.1, 0.15) is 24.0 Å². The highest BCUT2D eigenvalue weighted by molar-refractivity contribution is 7.90. The van der Waals surface area contributed by atoms with Crippen LogP contribution in [0.4, 0.5) is 4.79 Å². The van der Waals surface area contributed by atoms with Crippen LogP contribution < -0.4 is 15.4 Å². The molecule has 12 heteroatoms. The van der Waals surface area contributed by atoms with E-state index in [0.29, 0.717) is 50.0 Å². The average molecular weight is 719 g/mol. The summed E-state index contributed by atoms with van der Waals surface area (Å²) < 4.78 is 43.9. The molecule has 51 heavy (non-hydrogen) atoms. The number of carboxylic acid groups (broad SMARTS) is 1. The van der Waals surface area contributed by atoms with Gasteiger partial charge in [-0.15, -0.1) is 4.40 Å². The van der Waals surface area contributed by atoms with Crippen molar-refractivity contribution in [2.45, 2.75) is 96.6 Å². The number of unbranched alkanes of at least 4 members (excludes halogenated alkanes) is 1. The standard InChI is InChI=1S/C39H50N4O7S/c1-8-43(9-2)37(42-51(47,48)35-25(4)24(3)34-31(26(35)5)22-39(6,7)50-34)40-21-15-14-20-33(36(44)45)41-38(46)49-23-32-29-18-12-10-16-27(29)28-17-11-13-19-30(28)32/h10-13,16-19,32-33H,8-9,14-15,20-23H2,1-7H3,(H,40,42)(H,41,46)(H,44,45)/t33-/m1/s1. The molecule has 0 radical (unpaired) electrons. The maximum absolute atomic E-state index is 13.9. The van der Waals surface area contributed by atoms with Gasteiger partial charge < -0.3 is 30.1 Å². The van der Waals surface area contributed by atoms with Crippen LogP contribution >= 0.6 is 0 Å². The third-order valence-electron chi connectivity index (χ3n) is 9.96. The van der Waals surface area contributed by atoms with Crippen LogP contribution in [0.3, 0.4) is 0 Å². The van der Waals surface area contributed by atoms with Crippen LogP contribution in [-0.2, 0) is 26.0 Å². The number of fused-ring (bicyclic) bond motifs is 4. The van der Waals surface area contributed by atoms with Crippen LogP contribution in [-0.4, -0.2) is 74.3 Å². The van der Waals surface area contributed by atoms with E-state index in [1.807, 2.05) is 95.0 Å². The van der Waals surface area contributed by atoms with Crippen LogP contribution in [0, 0.1) is 20.8 Å². The summed E-state index contributed by atoms with van der Waals surface area (Å²) >= 11 is 0. The van der Waals surface area contributed by atoms with E-state index in [1.54, 1.807) is 6.92 Å². The predicted molar refractivity (Wildman–Crippen MR) is 198 cm³/mol. The maximum Gasteiger partial charge on any atom is 0.407 e. The number of guanidine groups is 1. The lowest BCUT2D eigenvalue weighted by Gasteiger charge is -2.24. The molecule has 3 aromatic carbocycles. The van der Waals surface area contributed by atoms with E-state index in [-0.39, 0.29) is 29.8 Å². The van der Waals surface area contributed by atoms with Crippen LogP contribution in [0.25, 0.3) is 11.1 Å². The van der Waals surface area contributed by atoms with Gasteiger partial charge in [-0.05, 0) is 107 Å². The summed E-state index contributed by atoms with van der Waals surface area (Å²) in [5.41, 5.74) is 6.90. The Morgan fingerprint density at radius 2 is 1.59 bits per heavy atom. The molecular formula is C39H50N4O7S. The Balaban J connectivity index is 1.19. The number of sulfonamides is 1. The summed E-state index contributed by atoms with van der Waals surface area (Å²) in [7, 11) is -4.10. The van der Waals surface area contributed by atoms with Gasteiger partial charge >= 0.3 is 12.1 Å². The van der Waals surface area contributed by atoms with Crippen molar-refractivity contribution in [3.8, 4) is 16.9 Å². The molecule has 0 spiro atoms. The molecular weight excluding hydrogens is 669 g/mol. The largest absolute Gasteiger partial charge is 0.487 e. The first kappa shape index (κ1) is 37.7. The Morgan fingerprint density at radius 3 is 2.18 bits per heavy atom. The third-order valence-corrected chi connectivity index (χ3v) is 11.5. The lowest BCUT2D eigenvalue weighted by Crippen LogP contribution is -2.43. The average Bonchev–Trinajstić information content (AvgIpc) is 3.59. The Labute approximate surface area is 301 Å². The van der Waals surface area contributed by atoms with Gasteiger partial charge in [-0.25, -0.2) is 9.59 Å². The number of aliphatic carboxylic acids is 1. The molecule has 5 rings (SSSR count). The summed E-state index contributed by atoms with van der Waals surface area (Å²) in [4.78, 5) is 26.9. The Hall–Kier alpha value is -4.58. The summed E-state index contributed by atoms with van der Waals surface area (Å²) in [5.74, 6) is -0.298. The van der Waals surface area contributed by atoms with Crippen LogP contribution in [0.5, 0.6) is 5.75 Å². The number of hydrogen-bond donors (Lipinski definition) is 3. The number of carbonyl (C=O) groups excluding carboxylic acids is 1. The molecule has 3 aromatic rings. The molecule has 1 heterocycles. The normalized spacial score (nSPS) is 15.3. The first-order valence-electron chi connectivity index (χ1n) is 17.7. The molecule has 11 nitrogen and oxygen atoms in total. The molecule has 0 fully saturated rings. The van der Waals surface area contributed by atoms with E-state index < -0.39 is 33.7 Å². The zero-order valence-corrected chi connectivity index (χ0v) is 31.4. The first-order valence-corrected chi connectivity index (χ1v) is 19.1. The summed E-state index contributed by atoms with van der Waals surface area (Å²) in [6, 6.07) is 14.9. The molecule has 1 atom stereocenters. The SMILES string of the molecule is CCN(CC)/C(=N\S(=O)(=O)c1c(C)c(C)c2c(c1C)CC(C)(C)O2)NCCCC[C@@H](NC(=O)OCC1c2ccccc2-c2ccccc21)C(=O)O. The van der Waals surface area contributed by atoms with Gasteiger partial charge in [0.05, 0.1) is 4.90 Å². The minimum atomic E-state index is -4.10. The second-order valence-corrected chi connectivity index (χ2v) is 15.4. The molecule has 0 unspecified atom stereocenters. The molecule has 0 saturated heterocycles. The molecule has 0 bridgehead atoms. The highest BCUT2D eigenvalue weighted by Crippen LogP contribution is 2.45. The first-order chi connectivity index (χ1) is 24.2. The van der Waals surface area contributed by atoms with Crippen molar-refractivity contribution in [3.05, 3.63) is 81.9 Å². The van der Waals surface area contributed by atoms with Gasteiger partial charge in [0.25, 0.3) is 10.0 Å². The molecule has 2 aliphatic rings. The Bertz CT molecular complexity index is 1890. The van der Waals surface area contributed by atoms with E-state index >= 15 is 0 Å². The zero-order chi connectivity index (χ0) is 37.1. The van der Waals surface area contributed by atoms with E-state index in [0.717, 1.165) is 39.1 Å². The number of rotatable bonds is 13. The number of benzene rings is 3. The van der Waals surface area contributed by atoms with E-state index in [2.05, 4.69) is 15.0 Å². The molecule has 0 saturated carbocycles. The summed E-state index contributed by atoms with van der Waals surface area (Å²) in [6.45, 7) is 14.8. The number of carbonyl (C=O) groups is 2. The van der Waals surface area contributed by atoms with Crippen molar-refractivity contribution in [2.24, 2.45) is 4.40 Å². The van der Waals surface area contributed by atoms with Crippen molar-refractivity contribution in [1.82, 2.24) is 15.5 Å². The zero-order valence-electron chi connectivity index (χ0n) is 30.6. The maximum atomic E-state index is 13.9. The molecule has 3 N–H and O–H groups in total. The Morgan fingerprint density at radius 1 is 0.980 bits per heavy atom. The number of amides is 1. The number of ether oxygens (including phenoxy) is 2. The third kappa shape index (κ3) is 8.01. The number of carboxylic acids is 1. The van der Waals surface area contributed by atoms with Gasteiger partial charge in [0, 0.05) is 37.5 Å². The lowest BCUT2D eigenvalue weighted by atomic mass is 9.94. The fraction of sp³-hybridized carbons (Fsp3) is 0.462. The van der Waals surface area contributed by atoms with Gasteiger partial charge in [-0.1, -0.05) is 48.5 Å². The van der Waals surface area contributed by atoms with Gasteiger partial charge in [-0.3, -0.25) is 0 Å². The number of nitrogens with zero attached hydrogens (tertiary/aromatic N) is 2. The molecule has 1 aliphatic heterocycles. The van der Waals surface area contributed by atoms with Crippen molar-refractivity contribution in [2.75, 3.05) is 26.2 Å². The van der Waals surface area contributed by atoms with Gasteiger partial charge in [-0.2, -0.15) is 8.42 Å². The molecule has 1 amide bonds. The van der Waals surface area contributed by atoms with Gasteiger partial charge in [0.15, 0.2) is 0 Å². The van der Waals surface area contributed by atoms with E-state index in [1.165, 1.54) is 0 Å². The van der Waals surface area contributed by atoms with Crippen molar-refractivity contribution >= 4 is 28.0 Å². The smallest absolute Gasteiger partial charge is 0.407 e. The highest BCUT2D eigenvalue weighted by Gasteiger charge is 2.37. The molecule has 1 aliphatic carbocycles. The van der Waals surface area contributed by atoms with Crippen LogP contribution in [0.15, 0.2) is 57.8 Å². The minimum Gasteiger partial charge on any atom is -0.487 e. The van der Waals surface area contributed by atoms with Crippen LogP contribution in [0.1, 0.15) is 86.3 Å². The number of hydrogen-bond acceptors (Lipinski definition) is 6. The second kappa shape index (κ2) is 15.3. The monoisotopic (exact) mass is 718 g/mol. The number of alkyl carbamates (subject to hydrolysis) is 1. The van der Waals surface area contributed by atoms with Crippen molar-refractivity contribution in [1.29, 1.82) is 0 Å². The minimum absolute atomic E-state index is 0.0856. The highest BCUT2D eigenvalue weighted by atomic mass is 32.2. The van der Waals surface area contributed by atoms with E-state index in [4.69, 9.17) is 9.47 Å². The Kier molecular flexibility index (Phi) is 11.3. The summed E-state index contributed by atoms with van der Waals surface area (Å²) in [5, 5.41) is 15.5. The van der Waals surface area contributed by atoms with Crippen molar-refractivity contribution < 1.29 is 32.6 Å². The fourth-order valence-corrected chi connectivity index (χ4v) is 8.78. The predicted octanol–water partition coefficient (Wildman–Crippen LogP) is 6.46. The second-order valence-electron chi connectivity index (χ2n) is 13.9. The van der Waals surface area contributed by atoms with Crippen LogP contribution in [0.2, 0.25) is 0 Å². The molecule has 274 valence electrons.